The molecule has 3 heterocycles. The van der Waals surface area contributed by atoms with Gasteiger partial charge >= 0.3 is 0 Å². The Morgan fingerprint density at radius 3 is 2.81 bits per heavy atom. The van der Waals surface area contributed by atoms with E-state index in [0.717, 1.165) is 16.1 Å². The maximum atomic E-state index is 4.34. The molecule has 2 aromatic heterocycles. The second-order valence-electron chi connectivity index (χ2n) is 4.71. The molecule has 1 unspecified atom stereocenters. The third-order valence-electron chi connectivity index (χ3n) is 3.41. The van der Waals surface area contributed by atoms with Gasteiger partial charge in [0, 0.05) is 4.47 Å². The lowest BCUT2D eigenvalue weighted by molar-refractivity contribution is 0.612. The van der Waals surface area contributed by atoms with Gasteiger partial charge in [-0.2, -0.15) is 10.1 Å². The number of aromatic nitrogens is 3. The zero-order valence-corrected chi connectivity index (χ0v) is 13.3. The van der Waals surface area contributed by atoms with Crippen molar-refractivity contribution in [3.8, 4) is 0 Å². The quantitative estimate of drug-likeness (QED) is 0.747. The number of hydrogen-bond acceptors (Lipinski definition) is 4. The number of benzene rings is 1. The van der Waals surface area contributed by atoms with Crippen LogP contribution in [0.3, 0.4) is 0 Å². The molecule has 0 aliphatic carbocycles. The summed E-state index contributed by atoms with van der Waals surface area (Å²) in [6, 6.07) is 12.5. The molecule has 0 spiro atoms. The van der Waals surface area contributed by atoms with Crippen molar-refractivity contribution in [1.29, 1.82) is 0 Å². The van der Waals surface area contributed by atoms with Crippen molar-refractivity contribution in [2.75, 3.05) is 5.32 Å². The Kier molecular flexibility index (Phi) is 3.12. The van der Waals surface area contributed by atoms with Crippen molar-refractivity contribution in [2.24, 2.45) is 0 Å². The molecular formula is C15H11BrN4S. The van der Waals surface area contributed by atoms with Crippen molar-refractivity contribution in [3.05, 3.63) is 69.1 Å². The second-order valence-corrected chi connectivity index (χ2v) is 6.57. The van der Waals surface area contributed by atoms with Crippen LogP contribution in [0.1, 0.15) is 16.5 Å². The third-order valence-corrected chi connectivity index (χ3v) is 4.84. The lowest BCUT2D eigenvalue weighted by atomic mass is 10.0. The highest BCUT2D eigenvalue weighted by Crippen LogP contribution is 2.33. The van der Waals surface area contributed by atoms with Gasteiger partial charge in [0.05, 0.1) is 10.6 Å². The van der Waals surface area contributed by atoms with Crippen LogP contribution < -0.4 is 5.32 Å². The summed E-state index contributed by atoms with van der Waals surface area (Å²) in [6.07, 6.45) is 3.77. The van der Waals surface area contributed by atoms with Gasteiger partial charge in [0.2, 0.25) is 5.95 Å². The Morgan fingerprint density at radius 2 is 2.05 bits per heavy atom. The van der Waals surface area contributed by atoms with Crippen LogP contribution in [-0.2, 0) is 0 Å². The van der Waals surface area contributed by atoms with Crippen LogP contribution in [0.25, 0.3) is 5.70 Å². The molecular weight excluding hydrogens is 348 g/mol. The van der Waals surface area contributed by atoms with E-state index in [9.17, 15) is 0 Å². The van der Waals surface area contributed by atoms with Gasteiger partial charge in [0.25, 0.3) is 0 Å². The van der Waals surface area contributed by atoms with Gasteiger partial charge in [-0.3, -0.25) is 0 Å². The molecule has 4 nitrogen and oxygen atoms in total. The number of fused-ring (bicyclic) bond motifs is 1. The number of nitrogens with one attached hydrogen (secondary N) is 1. The van der Waals surface area contributed by atoms with E-state index in [4.69, 9.17) is 0 Å². The molecule has 1 N–H and O–H groups in total. The largest absolute Gasteiger partial charge is 0.323 e. The lowest BCUT2D eigenvalue weighted by Gasteiger charge is -2.23. The monoisotopic (exact) mass is 358 g/mol. The number of thiophene rings is 1. The molecule has 0 saturated carbocycles. The smallest absolute Gasteiger partial charge is 0.226 e. The molecule has 1 aliphatic heterocycles. The number of halogens is 1. The maximum Gasteiger partial charge on any atom is 0.226 e. The summed E-state index contributed by atoms with van der Waals surface area (Å²) in [5.74, 6) is 0.772. The fourth-order valence-corrected chi connectivity index (χ4v) is 3.38. The van der Waals surface area contributed by atoms with Gasteiger partial charge in [-0.05, 0) is 35.2 Å². The van der Waals surface area contributed by atoms with Gasteiger partial charge < -0.3 is 5.32 Å². The number of hydrogen-bond donors (Lipinski definition) is 1. The topological polar surface area (TPSA) is 42.7 Å². The van der Waals surface area contributed by atoms with Crippen molar-refractivity contribution < 1.29 is 0 Å². The minimum atomic E-state index is 0.0500. The molecule has 104 valence electrons. The third kappa shape index (κ3) is 2.30. The normalized spacial score (nSPS) is 17.0. The van der Waals surface area contributed by atoms with Crippen molar-refractivity contribution in [2.45, 2.75) is 6.04 Å². The van der Waals surface area contributed by atoms with Crippen LogP contribution in [0.5, 0.6) is 0 Å². The van der Waals surface area contributed by atoms with Crippen LogP contribution in [0.4, 0.5) is 5.95 Å². The maximum absolute atomic E-state index is 4.34. The van der Waals surface area contributed by atoms with Gasteiger partial charge in [-0.1, -0.05) is 34.1 Å². The molecule has 0 saturated heterocycles. The minimum absolute atomic E-state index is 0.0500. The van der Waals surface area contributed by atoms with E-state index >= 15 is 0 Å². The average molecular weight is 359 g/mol. The Hall–Kier alpha value is -1.92. The molecule has 0 radical (unpaired) electrons. The summed E-state index contributed by atoms with van der Waals surface area (Å²) >= 11 is 5.19. The van der Waals surface area contributed by atoms with Gasteiger partial charge in [0.1, 0.15) is 12.4 Å². The summed E-state index contributed by atoms with van der Waals surface area (Å²) in [5.41, 5.74) is 2.26. The Morgan fingerprint density at radius 1 is 1.19 bits per heavy atom. The predicted octanol–water partition coefficient (Wildman–Crippen LogP) is 4.16. The van der Waals surface area contributed by atoms with Gasteiger partial charge in [-0.15, -0.1) is 11.3 Å². The number of allylic oxidation sites excluding steroid dienone is 1. The Bertz CT molecular complexity index is 789. The van der Waals surface area contributed by atoms with Crippen LogP contribution in [0.2, 0.25) is 0 Å². The standard InChI is InChI=1S/C15H11BrN4S/c16-11-5-3-10(4-6-11)13-8-12(14-2-1-7-21-14)19-15-17-9-18-20(13)15/h1-9,13H,(H,17,18,19). The summed E-state index contributed by atoms with van der Waals surface area (Å²) in [4.78, 5) is 5.51. The first-order valence-corrected chi connectivity index (χ1v) is 8.16. The number of nitrogens with zero attached hydrogens (tertiary/aromatic N) is 3. The summed E-state index contributed by atoms with van der Waals surface area (Å²) in [6.45, 7) is 0. The summed E-state index contributed by atoms with van der Waals surface area (Å²) < 4.78 is 2.97. The van der Waals surface area contributed by atoms with Crippen molar-refractivity contribution in [3.63, 3.8) is 0 Å². The second kappa shape index (κ2) is 5.13. The highest BCUT2D eigenvalue weighted by atomic mass is 79.9. The van der Waals surface area contributed by atoms with Crippen molar-refractivity contribution in [1.82, 2.24) is 14.8 Å². The predicted molar refractivity (Wildman–Crippen MR) is 88.2 cm³/mol. The van der Waals surface area contributed by atoms with Gasteiger partial charge in [-0.25, -0.2) is 4.68 Å². The van der Waals surface area contributed by atoms with E-state index in [1.54, 1.807) is 17.7 Å². The summed E-state index contributed by atoms with van der Waals surface area (Å²) in [7, 11) is 0. The molecule has 6 heteroatoms. The Balaban J connectivity index is 1.82. The lowest BCUT2D eigenvalue weighted by Crippen LogP contribution is -2.19. The molecule has 0 fully saturated rings. The van der Waals surface area contributed by atoms with Crippen molar-refractivity contribution >= 4 is 38.9 Å². The zero-order chi connectivity index (χ0) is 14.2. The van der Waals surface area contributed by atoms with E-state index < -0.39 is 0 Å². The molecule has 0 amide bonds. The number of anilines is 1. The zero-order valence-electron chi connectivity index (χ0n) is 10.9. The van der Waals surface area contributed by atoms with Gasteiger partial charge in [0.15, 0.2) is 0 Å². The first-order chi connectivity index (χ1) is 10.3. The molecule has 1 aliphatic rings. The van der Waals surface area contributed by atoms with Crippen LogP contribution >= 0.6 is 27.3 Å². The highest BCUT2D eigenvalue weighted by Gasteiger charge is 2.23. The van der Waals surface area contributed by atoms with Crippen LogP contribution in [0.15, 0.2) is 58.7 Å². The SMILES string of the molecule is Brc1ccc(C2C=C(c3cccs3)Nc3ncnn32)cc1. The minimum Gasteiger partial charge on any atom is -0.323 e. The molecule has 1 aromatic carbocycles. The first kappa shape index (κ1) is 12.8. The molecule has 3 aromatic rings. The molecule has 4 rings (SSSR count). The fraction of sp³-hybridized carbons (Fsp3) is 0.0667. The van der Waals surface area contributed by atoms with E-state index in [-0.39, 0.29) is 6.04 Å². The first-order valence-electron chi connectivity index (χ1n) is 6.49. The van der Waals surface area contributed by atoms with E-state index in [0.29, 0.717) is 0 Å². The van der Waals surface area contributed by atoms with E-state index in [2.05, 4.69) is 67.1 Å². The van der Waals surface area contributed by atoms with Crippen LogP contribution in [-0.4, -0.2) is 14.8 Å². The van der Waals surface area contributed by atoms with E-state index in [1.165, 1.54) is 10.4 Å². The fourth-order valence-electron chi connectivity index (χ4n) is 2.41. The summed E-state index contributed by atoms with van der Waals surface area (Å²) in [5, 5.41) is 9.76. The average Bonchev–Trinajstić information content (AvgIpc) is 3.18. The van der Waals surface area contributed by atoms with E-state index in [1.807, 2.05) is 16.8 Å². The molecule has 21 heavy (non-hydrogen) atoms. The Labute approximate surface area is 134 Å². The highest BCUT2D eigenvalue weighted by molar-refractivity contribution is 9.10. The molecule has 1 atom stereocenters. The van der Waals surface area contributed by atoms with Crippen LogP contribution in [0, 0.1) is 0 Å². The number of rotatable bonds is 2. The molecule has 0 bridgehead atoms.